The molecule has 0 radical (unpaired) electrons. The first kappa shape index (κ1) is 15.0. The minimum Gasteiger partial charge on any atom is -0.310 e. The van der Waals surface area contributed by atoms with Gasteiger partial charge in [-0.2, -0.15) is 0 Å². The van der Waals surface area contributed by atoms with Crippen molar-refractivity contribution in [1.29, 1.82) is 0 Å². The van der Waals surface area contributed by atoms with Crippen LogP contribution in [-0.4, -0.2) is 36.6 Å². The normalized spacial score (nSPS) is 26.1. The van der Waals surface area contributed by atoms with Gasteiger partial charge >= 0.3 is 0 Å². The van der Waals surface area contributed by atoms with Gasteiger partial charge in [0.25, 0.3) is 0 Å². The summed E-state index contributed by atoms with van der Waals surface area (Å²) < 4.78 is 0. The van der Waals surface area contributed by atoms with E-state index < -0.39 is 0 Å². The zero-order valence-electron chi connectivity index (χ0n) is 12.6. The molecular formula is C15H32N2. The van der Waals surface area contributed by atoms with E-state index in [2.05, 4.69) is 44.8 Å². The van der Waals surface area contributed by atoms with Crippen molar-refractivity contribution in [3.63, 3.8) is 0 Å². The van der Waals surface area contributed by atoms with E-state index >= 15 is 0 Å². The number of rotatable bonds is 6. The zero-order valence-corrected chi connectivity index (χ0v) is 12.6. The maximum absolute atomic E-state index is 3.73. The van der Waals surface area contributed by atoms with E-state index in [0.717, 1.165) is 11.8 Å². The SMILES string of the molecule is CC(C)CN(CC(C)C)CC1(C)CCCCN1. The molecule has 0 bridgehead atoms. The Morgan fingerprint density at radius 1 is 1.06 bits per heavy atom. The molecule has 0 aromatic carbocycles. The van der Waals surface area contributed by atoms with Gasteiger partial charge in [0.2, 0.25) is 0 Å². The lowest BCUT2D eigenvalue weighted by Gasteiger charge is -2.40. The summed E-state index contributed by atoms with van der Waals surface area (Å²) >= 11 is 0. The molecule has 0 saturated carbocycles. The van der Waals surface area contributed by atoms with E-state index in [1.165, 1.54) is 45.4 Å². The van der Waals surface area contributed by atoms with Gasteiger partial charge in [0.15, 0.2) is 0 Å². The van der Waals surface area contributed by atoms with Crippen LogP contribution < -0.4 is 5.32 Å². The summed E-state index contributed by atoms with van der Waals surface area (Å²) in [6.07, 6.45) is 4.07. The molecule has 1 heterocycles. The highest BCUT2D eigenvalue weighted by Crippen LogP contribution is 2.21. The predicted octanol–water partition coefficient (Wildman–Crippen LogP) is 3.13. The molecule has 0 amide bonds. The maximum atomic E-state index is 3.73. The molecule has 0 spiro atoms. The van der Waals surface area contributed by atoms with E-state index in [-0.39, 0.29) is 0 Å². The van der Waals surface area contributed by atoms with E-state index in [9.17, 15) is 0 Å². The van der Waals surface area contributed by atoms with E-state index in [0.29, 0.717) is 5.54 Å². The molecule has 1 aliphatic heterocycles. The molecule has 2 nitrogen and oxygen atoms in total. The summed E-state index contributed by atoms with van der Waals surface area (Å²) in [5.41, 5.74) is 0.349. The summed E-state index contributed by atoms with van der Waals surface area (Å²) in [6.45, 7) is 16.6. The van der Waals surface area contributed by atoms with Gasteiger partial charge in [-0.3, -0.25) is 0 Å². The minimum atomic E-state index is 0.349. The minimum absolute atomic E-state index is 0.349. The fourth-order valence-electron chi connectivity index (χ4n) is 2.98. The Morgan fingerprint density at radius 2 is 1.65 bits per heavy atom. The second-order valence-corrected chi connectivity index (χ2v) is 6.93. The standard InChI is InChI=1S/C15H32N2/c1-13(2)10-17(11-14(3)4)12-15(5)8-6-7-9-16-15/h13-14,16H,6-12H2,1-5H3. The highest BCUT2D eigenvalue weighted by atomic mass is 15.2. The zero-order chi connectivity index (χ0) is 12.9. The molecule has 0 aromatic rings. The molecule has 1 fully saturated rings. The van der Waals surface area contributed by atoms with Crippen LogP contribution in [0.5, 0.6) is 0 Å². The van der Waals surface area contributed by atoms with Crippen molar-refractivity contribution in [2.45, 2.75) is 59.4 Å². The second-order valence-electron chi connectivity index (χ2n) is 6.93. The van der Waals surface area contributed by atoms with Crippen LogP contribution in [-0.2, 0) is 0 Å². The van der Waals surface area contributed by atoms with Gasteiger partial charge in [-0.05, 0) is 38.1 Å². The van der Waals surface area contributed by atoms with Gasteiger partial charge in [-0.15, -0.1) is 0 Å². The van der Waals surface area contributed by atoms with Gasteiger partial charge in [0.1, 0.15) is 0 Å². The van der Waals surface area contributed by atoms with Crippen molar-refractivity contribution in [2.75, 3.05) is 26.2 Å². The van der Waals surface area contributed by atoms with Crippen LogP contribution in [0.2, 0.25) is 0 Å². The Hall–Kier alpha value is -0.0800. The number of nitrogens with zero attached hydrogens (tertiary/aromatic N) is 1. The predicted molar refractivity (Wildman–Crippen MR) is 76.4 cm³/mol. The van der Waals surface area contributed by atoms with E-state index in [1.54, 1.807) is 0 Å². The highest BCUT2D eigenvalue weighted by molar-refractivity contribution is 4.89. The average Bonchev–Trinajstić information content (AvgIpc) is 2.15. The van der Waals surface area contributed by atoms with Crippen molar-refractivity contribution in [3.8, 4) is 0 Å². The van der Waals surface area contributed by atoms with Crippen LogP contribution in [0.4, 0.5) is 0 Å². The lowest BCUT2D eigenvalue weighted by molar-refractivity contribution is 0.139. The number of nitrogens with one attached hydrogen (secondary N) is 1. The van der Waals surface area contributed by atoms with E-state index in [4.69, 9.17) is 0 Å². The highest BCUT2D eigenvalue weighted by Gasteiger charge is 2.28. The second kappa shape index (κ2) is 6.75. The Labute approximate surface area is 108 Å². The van der Waals surface area contributed by atoms with Crippen molar-refractivity contribution in [2.24, 2.45) is 11.8 Å². The molecule has 1 rings (SSSR count). The molecule has 1 atom stereocenters. The van der Waals surface area contributed by atoms with Crippen molar-refractivity contribution in [3.05, 3.63) is 0 Å². The summed E-state index contributed by atoms with van der Waals surface area (Å²) in [6, 6.07) is 0. The third-order valence-electron chi connectivity index (χ3n) is 3.53. The molecule has 1 unspecified atom stereocenters. The largest absolute Gasteiger partial charge is 0.310 e. The van der Waals surface area contributed by atoms with E-state index in [1.807, 2.05) is 0 Å². The van der Waals surface area contributed by atoms with Crippen molar-refractivity contribution >= 4 is 0 Å². The Kier molecular flexibility index (Phi) is 5.94. The number of piperidine rings is 1. The van der Waals surface area contributed by atoms with Gasteiger partial charge in [0, 0.05) is 25.2 Å². The summed E-state index contributed by atoms with van der Waals surface area (Å²) in [5, 5.41) is 3.73. The summed E-state index contributed by atoms with van der Waals surface area (Å²) in [5.74, 6) is 1.53. The third-order valence-corrected chi connectivity index (χ3v) is 3.53. The molecule has 1 saturated heterocycles. The van der Waals surface area contributed by atoms with Crippen LogP contribution in [0.1, 0.15) is 53.9 Å². The van der Waals surface area contributed by atoms with Gasteiger partial charge in [0.05, 0.1) is 0 Å². The van der Waals surface area contributed by atoms with Crippen LogP contribution in [0, 0.1) is 11.8 Å². The third kappa shape index (κ3) is 5.87. The fraction of sp³-hybridized carbons (Fsp3) is 1.00. The number of hydrogen-bond donors (Lipinski definition) is 1. The maximum Gasteiger partial charge on any atom is 0.0280 e. The quantitative estimate of drug-likeness (QED) is 0.767. The van der Waals surface area contributed by atoms with Crippen LogP contribution >= 0.6 is 0 Å². The average molecular weight is 240 g/mol. The first-order valence-electron chi connectivity index (χ1n) is 7.39. The monoisotopic (exact) mass is 240 g/mol. The Bertz CT molecular complexity index is 195. The lowest BCUT2D eigenvalue weighted by atomic mass is 9.90. The van der Waals surface area contributed by atoms with Crippen molar-refractivity contribution in [1.82, 2.24) is 10.2 Å². The Balaban J connectivity index is 2.50. The van der Waals surface area contributed by atoms with Crippen LogP contribution in [0.25, 0.3) is 0 Å². The van der Waals surface area contributed by atoms with Crippen LogP contribution in [0.15, 0.2) is 0 Å². The van der Waals surface area contributed by atoms with Gasteiger partial charge in [-0.1, -0.05) is 34.1 Å². The smallest absolute Gasteiger partial charge is 0.0280 e. The number of hydrogen-bond acceptors (Lipinski definition) is 2. The van der Waals surface area contributed by atoms with Crippen molar-refractivity contribution < 1.29 is 0 Å². The molecule has 1 N–H and O–H groups in total. The summed E-state index contributed by atoms with van der Waals surface area (Å²) in [7, 11) is 0. The molecule has 0 aromatic heterocycles. The van der Waals surface area contributed by atoms with Gasteiger partial charge in [-0.25, -0.2) is 0 Å². The molecule has 2 heteroatoms. The van der Waals surface area contributed by atoms with Gasteiger partial charge < -0.3 is 10.2 Å². The lowest BCUT2D eigenvalue weighted by Crippen LogP contribution is -2.54. The first-order chi connectivity index (χ1) is 7.91. The molecule has 17 heavy (non-hydrogen) atoms. The fourth-order valence-corrected chi connectivity index (χ4v) is 2.98. The first-order valence-corrected chi connectivity index (χ1v) is 7.39. The van der Waals surface area contributed by atoms with Crippen LogP contribution in [0.3, 0.4) is 0 Å². The molecule has 0 aliphatic carbocycles. The Morgan fingerprint density at radius 3 is 2.06 bits per heavy atom. The molecule has 102 valence electrons. The molecular weight excluding hydrogens is 208 g/mol. The summed E-state index contributed by atoms with van der Waals surface area (Å²) in [4.78, 5) is 2.66. The topological polar surface area (TPSA) is 15.3 Å². The molecule has 1 aliphatic rings.